The highest BCUT2D eigenvalue weighted by Gasteiger charge is 1.96. The summed E-state index contributed by atoms with van der Waals surface area (Å²) in [6, 6.07) is 0. The van der Waals surface area contributed by atoms with Crippen molar-refractivity contribution in [2.24, 2.45) is 11.1 Å². The topological polar surface area (TPSA) is 21.6 Å². The molecule has 0 heterocycles. The van der Waals surface area contributed by atoms with E-state index in [1.807, 2.05) is 13.8 Å². The van der Waals surface area contributed by atoms with Crippen molar-refractivity contribution in [3.8, 4) is 0 Å². The minimum Gasteiger partial charge on any atom is -0.396 e. The maximum absolute atomic E-state index is 4.84. The van der Waals surface area contributed by atoms with Crippen molar-refractivity contribution in [1.29, 1.82) is 0 Å². The third-order valence-electron chi connectivity index (χ3n) is 1.17. The molecule has 0 fully saturated rings. The van der Waals surface area contributed by atoms with Crippen LogP contribution in [-0.4, -0.2) is 12.3 Å². The van der Waals surface area contributed by atoms with Gasteiger partial charge < -0.3 is 4.84 Å². The van der Waals surface area contributed by atoms with Crippen LogP contribution in [0.2, 0.25) is 0 Å². The molecular formula is C7H15NO. The van der Waals surface area contributed by atoms with Gasteiger partial charge in [0.15, 0.2) is 0 Å². The summed E-state index contributed by atoms with van der Waals surface area (Å²) in [6.45, 7) is 8.75. The summed E-state index contributed by atoms with van der Waals surface area (Å²) in [5.41, 5.74) is 1.05. The van der Waals surface area contributed by atoms with Crippen molar-refractivity contribution in [3.05, 3.63) is 0 Å². The zero-order valence-corrected chi connectivity index (χ0v) is 6.64. The molecule has 0 saturated heterocycles. The second-order valence-corrected chi connectivity index (χ2v) is 2.31. The normalized spacial score (nSPS) is 12.3. The van der Waals surface area contributed by atoms with Gasteiger partial charge in [0.05, 0.1) is 5.71 Å². The molecular weight excluding hydrogens is 114 g/mol. The van der Waals surface area contributed by atoms with Gasteiger partial charge in [-0.2, -0.15) is 0 Å². The Labute approximate surface area is 56.9 Å². The van der Waals surface area contributed by atoms with E-state index in [1.165, 1.54) is 0 Å². The highest BCUT2D eigenvalue weighted by molar-refractivity contribution is 5.83. The molecule has 0 saturated carbocycles. The summed E-state index contributed by atoms with van der Waals surface area (Å²) in [6.07, 6.45) is 0. The van der Waals surface area contributed by atoms with Crippen molar-refractivity contribution < 1.29 is 4.84 Å². The lowest BCUT2D eigenvalue weighted by Crippen LogP contribution is -2.02. The van der Waals surface area contributed by atoms with Gasteiger partial charge in [0.25, 0.3) is 0 Å². The Morgan fingerprint density at radius 1 is 1.56 bits per heavy atom. The van der Waals surface area contributed by atoms with Gasteiger partial charge in [0.1, 0.15) is 6.61 Å². The molecule has 0 bridgehead atoms. The second-order valence-electron chi connectivity index (χ2n) is 2.31. The summed E-state index contributed by atoms with van der Waals surface area (Å²) in [7, 11) is 0. The largest absolute Gasteiger partial charge is 0.396 e. The third-order valence-corrected chi connectivity index (χ3v) is 1.17. The van der Waals surface area contributed by atoms with Crippen LogP contribution in [0, 0.1) is 5.92 Å². The van der Waals surface area contributed by atoms with E-state index in [1.54, 1.807) is 0 Å². The van der Waals surface area contributed by atoms with Crippen molar-refractivity contribution in [2.75, 3.05) is 6.61 Å². The molecule has 0 aromatic heterocycles. The maximum Gasteiger partial charge on any atom is 0.114 e. The third kappa shape index (κ3) is 4.01. The smallest absolute Gasteiger partial charge is 0.114 e. The first kappa shape index (κ1) is 8.47. The number of nitrogens with zero attached hydrogens (tertiary/aromatic N) is 1. The zero-order chi connectivity index (χ0) is 7.28. The Bertz CT molecular complexity index is 97.1. The summed E-state index contributed by atoms with van der Waals surface area (Å²) < 4.78 is 0. The first-order valence-electron chi connectivity index (χ1n) is 3.35. The molecule has 9 heavy (non-hydrogen) atoms. The fourth-order valence-electron chi connectivity index (χ4n) is 0.272. The number of hydrogen-bond acceptors (Lipinski definition) is 2. The van der Waals surface area contributed by atoms with Crippen LogP contribution < -0.4 is 0 Å². The molecule has 0 unspecified atom stereocenters. The van der Waals surface area contributed by atoms with Crippen LogP contribution in [0.1, 0.15) is 27.7 Å². The second kappa shape index (κ2) is 4.36. The van der Waals surface area contributed by atoms with Gasteiger partial charge in [0.2, 0.25) is 0 Å². The van der Waals surface area contributed by atoms with E-state index in [4.69, 9.17) is 4.84 Å². The quantitative estimate of drug-likeness (QED) is 0.422. The highest BCUT2D eigenvalue weighted by atomic mass is 16.6. The van der Waals surface area contributed by atoms with Crippen LogP contribution in [0.3, 0.4) is 0 Å². The van der Waals surface area contributed by atoms with Crippen LogP contribution in [-0.2, 0) is 4.84 Å². The lowest BCUT2D eigenvalue weighted by Gasteiger charge is -2.01. The SMILES string of the molecule is CCO/N=C(/C)C(C)C. The van der Waals surface area contributed by atoms with E-state index < -0.39 is 0 Å². The predicted molar refractivity (Wildman–Crippen MR) is 39.6 cm³/mol. The van der Waals surface area contributed by atoms with E-state index in [0.717, 1.165) is 5.71 Å². The van der Waals surface area contributed by atoms with Crippen LogP contribution >= 0.6 is 0 Å². The van der Waals surface area contributed by atoms with E-state index in [9.17, 15) is 0 Å². The maximum atomic E-state index is 4.84. The Hall–Kier alpha value is -0.530. The first-order valence-corrected chi connectivity index (χ1v) is 3.35. The average molecular weight is 129 g/mol. The Balaban J connectivity index is 3.55. The molecule has 2 nitrogen and oxygen atoms in total. The fraction of sp³-hybridized carbons (Fsp3) is 0.857. The minimum atomic E-state index is 0.497. The molecule has 0 radical (unpaired) electrons. The number of rotatable bonds is 3. The Kier molecular flexibility index (Phi) is 4.10. The van der Waals surface area contributed by atoms with Crippen molar-refractivity contribution in [3.63, 3.8) is 0 Å². The van der Waals surface area contributed by atoms with Gasteiger partial charge in [-0.15, -0.1) is 0 Å². The summed E-state index contributed by atoms with van der Waals surface area (Å²) >= 11 is 0. The number of oxime groups is 1. The Morgan fingerprint density at radius 3 is 2.44 bits per heavy atom. The first-order chi connectivity index (χ1) is 4.18. The van der Waals surface area contributed by atoms with Crippen LogP contribution in [0.5, 0.6) is 0 Å². The lowest BCUT2D eigenvalue weighted by molar-refractivity contribution is 0.157. The van der Waals surface area contributed by atoms with E-state index in [0.29, 0.717) is 12.5 Å². The minimum absolute atomic E-state index is 0.497. The van der Waals surface area contributed by atoms with Crippen molar-refractivity contribution in [1.82, 2.24) is 0 Å². The monoisotopic (exact) mass is 129 g/mol. The molecule has 2 heteroatoms. The molecule has 0 amide bonds. The fourth-order valence-corrected chi connectivity index (χ4v) is 0.272. The highest BCUT2D eigenvalue weighted by Crippen LogP contribution is 1.95. The van der Waals surface area contributed by atoms with Crippen molar-refractivity contribution >= 4 is 5.71 Å². The van der Waals surface area contributed by atoms with E-state index >= 15 is 0 Å². The van der Waals surface area contributed by atoms with Gasteiger partial charge in [-0.25, -0.2) is 0 Å². The summed E-state index contributed by atoms with van der Waals surface area (Å²) in [5, 5.41) is 3.86. The van der Waals surface area contributed by atoms with Crippen LogP contribution in [0.4, 0.5) is 0 Å². The summed E-state index contributed by atoms with van der Waals surface area (Å²) in [5.74, 6) is 0.497. The molecule has 54 valence electrons. The molecule has 0 aliphatic carbocycles. The predicted octanol–water partition coefficient (Wildman–Crippen LogP) is 2.05. The van der Waals surface area contributed by atoms with Crippen LogP contribution in [0.15, 0.2) is 5.16 Å². The molecule has 0 aliphatic heterocycles. The van der Waals surface area contributed by atoms with Gasteiger partial charge in [-0.05, 0) is 19.8 Å². The molecule has 0 aromatic carbocycles. The zero-order valence-electron chi connectivity index (χ0n) is 6.64. The van der Waals surface area contributed by atoms with Crippen LogP contribution in [0.25, 0.3) is 0 Å². The molecule has 0 N–H and O–H groups in total. The standard InChI is InChI=1S/C7H15NO/c1-5-9-8-7(4)6(2)3/h6H,5H2,1-4H3/b8-7-. The van der Waals surface area contributed by atoms with E-state index in [2.05, 4.69) is 19.0 Å². The molecule has 0 aliphatic rings. The average Bonchev–Trinajstić information content (AvgIpc) is 1.82. The van der Waals surface area contributed by atoms with Gasteiger partial charge in [-0.1, -0.05) is 19.0 Å². The number of hydrogen-bond donors (Lipinski definition) is 0. The van der Waals surface area contributed by atoms with Gasteiger partial charge >= 0.3 is 0 Å². The van der Waals surface area contributed by atoms with E-state index in [-0.39, 0.29) is 0 Å². The Morgan fingerprint density at radius 2 is 2.11 bits per heavy atom. The van der Waals surface area contributed by atoms with Gasteiger partial charge in [-0.3, -0.25) is 0 Å². The van der Waals surface area contributed by atoms with Gasteiger partial charge in [0, 0.05) is 0 Å². The molecule has 0 aromatic rings. The summed E-state index contributed by atoms with van der Waals surface area (Å²) in [4.78, 5) is 4.84. The van der Waals surface area contributed by atoms with Crippen molar-refractivity contribution in [2.45, 2.75) is 27.7 Å². The molecule has 0 spiro atoms. The molecule has 0 rings (SSSR count). The lowest BCUT2D eigenvalue weighted by atomic mass is 10.1. The molecule has 0 atom stereocenters.